The van der Waals surface area contributed by atoms with Crippen molar-refractivity contribution in [2.75, 3.05) is 4.72 Å². The van der Waals surface area contributed by atoms with Gasteiger partial charge in [0.1, 0.15) is 0 Å². The molecule has 134 valence electrons. The fourth-order valence-corrected chi connectivity index (χ4v) is 3.09. The molecule has 0 saturated heterocycles. The number of hydrogen-bond acceptors (Lipinski definition) is 8. The molecule has 0 unspecified atom stereocenters. The van der Waals surface area contributed by atoms with Crippen molar-refractivity contribution in [2.45, 2.75) is 31.2 Å². The summed E-state index contributed by atoms with van der Waals surface area (Å²) in [7, 11) is -3.78. The molecule has 0 amide bonds. The summed E-state index contributed by atoms with van der Waals surface area (Å²) in [6.45, 7) is 5.56. The number of nitrogens with zero attached hydrogens (tertiary/aromatic N) is 6. The van der Waals surface area contributed by atoms with Gasteiger partial charge in [-0.25, -0.2) is 23.1 Å². The van der Waals surface area contributed by atoms with E-state index in [4.69, 9.17) is 0 Å². The molecule has 1 aromatic heterocycles. The topological polar surface area (TPSA) is 121 Å². The van der Waals surface area contributed by atoms with Crippen LogP contribution < -0.4 is 4.72 Å². The summed E-state index contributed by atoms with van der Waals surface area (Å²) < 4.78 is 27.0. The normalized spacial score (nSPS) is 16.4. The van der Waals surface area contributed by atoms with E-state index in [-0.39, 0.29) is 10.8 Å². The van der Waals surface area contributed by atoms with Crippen molar-refractivity contribution in [1.82, 2.24) is 9.97 Å². The quantitative estimate of drug-likeness (QED) is 0.812. The number of rotatable bonds is 5. The van der Waals surface area contributed by atoms with Crippen molar-refractivity contribution < 1.29 is 8.42 Å². The molecule has 1 aromatic carbocycles. The van der Waals surface area contributed by atoms with Gasteiger partial charge < -0.3 is 0 Å². The van der Waals surface area contributed by atoms with E-state index in [0.717, 1.165) is 11.4 Å². The molecule has 0 atom stereocenters. The molecular weight excluding hydrogens is 354 g/mol. The van der Waals surface area contributed by atoms with Crippen LogP contribution in [0.1, 0.15) is 20.8 Å². The highest BCUT2D eigenvalue weighted by molar-refractivity contribution is 7.92. The first-order valence-corrected chi connectivity index (χ1v) is 9.22. The fraction of sp³-hybridized carbons (Fsp3) is 0.250. The van der Waals surface area contributed by atoms with E-state index in [1.54, 1.807) is 18.2 Å². The number of sulfonamides is 1. The summed E-state index contributed by atoms with van der Waals surface area (Å²) in [4.78, 5) is 7.77. The van der Waals surface area contributed by atoms with E-state index in [0.29, 0.717) is 5.69 Å². The van der Waals surface area contributed by atoms with Crippen molar-refractivity contribution in [3.05, 3.63) is 42.7 Å². The number of anilines is 1. The number of aromatic nitrogens is 2. The summed E-state index contributed by atoms with van der Waals surface area (Å²) in [5.74, 6) is 0.00921. The molecule has 0 saturated carbocycles. The molecule has 3 rings (SSSR count). The standard InChI is InChI=1S/C16H17N7O2S/c1-11-16(3,12(2)20-19-11)23-21-13-5-7-14(8-6-13)26(24,25)22-15-17-9-4-10-18-15/h4-10H,1-3H3,(H,17,18,22). The minimum Gasteiger partial charge on any atom is -0.247 e. The number of nitrogens with one attached hydrogen (secondary N) is 1. The summed E-state index contributed by atoms with van der Waals surface area (Å²) in [6, 6.07) is 7.63. The van der Waals surface area contributed by atoms with E-state index >= 15 is 0 Å². The average molecular weight is 371 g/mol. The van der Waals surface area contributed by atoms with Crippen LogP contribution in [0.2, 0.25) is 0 Å². The van der Waals surface area contributed by atoms with Gasteiger partial charge in [-0.05, 0) is 51.1 Å². The zero-order valence-electron chi connectivity index (χ0n) is 14.4. The van der Waals surface area contributed by atoms with Gasteiger partial charge in [0.05, 0.1) is 22.0 Å². The Hall–Kier alpha value is -3.01. The summed E-state index contributed by atoms with van der Waals surface area (Å²) in [5, 5.41) is 16.6. The first-order valence-electron chi connectivity index (χ1n) is 7.74. The van der Waals surface area contributed by atoms with Gasteiger partial charge in [-0.1, -0.05) is 0 Å². The van der Waals surface area contributed by atoms with Gasteiger partial charge in [0, 0.05) is 12.4 Å². The van der Waals surface area contributed by atoms with Crippen LogP contribution in [0.3, 0.4) is 0 Å². The van der Waals surface area contributed by atoms with Crippen LogP contribution in [-0.4, -0.2) is 35.3 Å². The van der Waals surface area contributed by atoms with Crippen molar-refractivity contribution in [3.8, 4) is 0 Å². The first-order chi connectivity index (χ1) is 12.3. The van der Waals surface area contributed by atoms with Crippen molar-refractivity contribution in [2.24, 2.45) is 20.4 Å². The maximum absolute atomic E-state index is 12.3. The van der Waals surface area contributed by atoms with Crippen LogP contribution in [0.5, 0.6) is 0 Å². The minimum absolute atomic E-state index is 0.00921. The predicted octanol–water partition coefficient (Wildman–Crippen LogP) is 2.97. The molecule has 9 nitrogen and oxygen atoms in total. The first kappa shape index (κ1) is 17.8. The maximum Gasteiger partial charge on any atom is 0.264 e. The fourth-order valence-electron chi connectivity index (χ4n) is 2.13. The van der Waals surface area contributed by atoms with Crippen molar-refractivity contribution in [3.63, 3.8) is 0 Å². The van der Waals surface area contributed by atoms with Crippen LogP contribution in [0.4, 0.5) is 11.6 Å². The van der Waals surface area contributed by atoms with Gasteiger partial charge in [-0.2, -0.15) is 20.4 Å². The Morgan fingerprint density at radius 2 is 1.58 bits per heavy atom. The van der Waals surface area contributed by atoms with Gasteiger partial charge >= 0.3 is 0 Å². The largest absolute Gasteiger partial charge is 0.264 e. The van der Waals surface area contributed by atoms with Crippen LogP contribution >= 0.6 is 0 Å². The maximum atomic E-state index is 12.3. The SMILES string of the molecule is CC1=NN=C(C)C1(C)N=Nc1ccc(S(=O)(=O)Nc2ncccn2)cc1. The second-order valence-electron chi connectivity index (χ2n) is 5.81. The average Bonchev–Trinajstić information content (AvgIpc) is 2.88. The Kier molecular flexibility index (Phi) is 4.60. The molecule has 26 heavy (non-hydrogen) atoms. The van der Waals surface area contributed by atoms with Crippen LogP contribution in [0.25, 0.3) is 0 Å². The lowest BCUT2D eigenvalue weighted by molar-refractivity contribution is 0.601. The van der Waals surface area contributed by atoms with E-state index in [1.165, 1.54) is 24.5 Å². The highest BCUT2D eigenvalue weighted by Crippen LogP contribution is 2.25. The van der Waals surface area contributed by atoms with Crippen LogP contribution in [0.15, 0.2) is 68.1 Å². The predicted molar refractivity (Wildman–Crippen MR) is 98.4 cm³/mol. The highest BCUT2D eigenvalue weighted by atomic mass is 32.2. The third-order valence-corrected chi connectivity index (χ3v) is 5.41. The molecule has 1 aliphatic heterocycles. The number of hydrogen-bond donors (Lipinski definition) is 1. The number of benzene rings is 1. The highest BCUT2D eigenvalue weighted by Gasteiger charge is 2.35. The molecule has 2 heterocycles. The molecule has 0 radical (unpaired) electrons. The van der Waals surface area contributed by atoms with Crippen LogP contribution in [-0.2, 0) is 10.0 Å². The third kappa shape index (κ3) is 3.49. The second-order valence-corrected chi connectivity index (χ2v) is 7.50. The van der Waals surface area contributed by atoms with E-state index in [2.05, 4.69) is 35.1 Å². The van der Waals surface area contributed by atoms with Gasteiger partial charge in [0.2, 0.25) is 5.95 Å². The Morgan fingerprint density at radius 1 is 1.00 bits per heavy atom. The van der Waals surface area contributed by atoms with Gasteiger partial charge in [0.25, 0.3) is 10.0 Å². The lowest BCUT2D eigenvalue weighted by Crippen LogP contribution is -2.35. The molecule has 1 N–H and O–H groups in total. The van der Waals surface area contributed by atoms with Crippen molar-refractivity contribution >= 4 is 33.1 Å². The van der Waals surface area contributed by atoms with Crippen molar-refractivity contribution in [1.29, 1.82) is 0 Å². The molecule has 0 bridgehead atoms. The van der Waals surface area contributed by atoms with E-state index in [9.17, 15) is 8.42 Å². The van der Waals surface area contributed by atoms with Gasteiger partial charge in [0.15, 0.2) is 5.54 Å². The zero-order chi connectivity index (χ0) is 18.8. The molecule has 10 heteroatoms. The summed E-state index contributed by atoms with van der Waals surface area (Å²) >= 11 is 0. The Morgan fingerprint density at radius 3 is 2.15 bits per heavy atom. The summed E-state index contributed by atoms with van der Waals surface area (Å²) in [6.07, 6.45) is 2.91. The smallest absolute Gasteiger partial charge is 0.247 e. The molecule has 2 aromatic rings. The van der Waals surface area contributed by atoms with E-state index in [1.807, 2.05) is 20.8 Å². The monoisotopic (exact) mass is 371 g/mol. The Bertz CT molecular complexity index is 979. The minimum atomic E-state index is -3.78. The second kappa shape index (κ2) is 6.71. The Balaban J connectivity index is 1.78. The molecule has 0 aliphatic carbocycles. The lowest BCUT2D eigenvalue weighted by Gasteiger charge is -2.17. The van der Waals surface area contributed by atoms with E-state index < -0.39 is 15.6 Å². The van der Waals surface area contributed by atoms with Crippen LogP contribution in [0, 0.1) is 0 Å². The third-order valence-electron chi connectivity index (χ3n) is 4.06. The molecule has 0 spiro atoms. The molecular formula is C16H17N7O2S. The molecule has 0 fully saturated rings. The number of azo groups is 1. The lowest BCUT2D eigenvalue weighted by atomic mass is 9.94. The molecule has 1 aliphatic rings. The van der Waals surface area contributed by atoms with Gasteiger partial charge in [-0.3, -0.25) is 0 Å². The Labute approximate surface area is 151 Å². The summed E-state index contributed by atoms with van der Waals surface area (Å²) in [5.41, 5.74) is 1.36. The van der Waals surface area contributed by atoms with Gasteiger partial charge in [-0.15, -0.1) is 0 Å². The zero-order valence-corrected chi connectivity index (χ0v) is 15.3.